The lowest BCUT2D eigenvalue weighted by molar-refractivity contribution is 0.445. The van der Waals surface area contributed by atoms with E-state index in [4.69, 9.17) is 0 Å². The van der Waals surface area contributed by atoms with Gasteiger partial charge < -0.3 is 10.1 Å². The van der Waals surface area contributed by atoms with Gasteiger partial charge in [-0.1, -0.05) is 36.4 Å². The Morgan fingerprint density at radius 1 is 0.816 bits per heavy atom. The van der Waals surface area contributed by atoms with E-state index in [2.05, 4.69) is 20.2 Å². The third-order valence-corrected chi connectivity index (χ3v) is 7.31. The predicted molar refractivity (Wildman–Crippen MR) is 141 cm³/mol. The van der Waals surface area contributed by atoms with Crippen molar-refractivity contribution in [2.24, 2.45) is 10.2 Å². The Bertz CT molecular complexity index is 1950. The van der Waals surface area contributed by atoms with Crippen LogP contribution in [0.2, 0.25) is 0 Å². The number of rotatable bonds is 6. The zero-order chi connectivity index (χ0) is 27.1. The maximum Gasteiger partial charge on any atom is 0.298 e. The highest BCUT2D eigenvalue weighted by molar-refractivity contribution is 7.86. The first-order chi connectivity index (χ1) is 18.0. The molecule has 11 nitrogen and oxygen atoms in total. The van der Waals surface area contributed by atoms with Gasteiger partial charge in [0, 0.05) is 5.39 Å². The molecule has 0 aliphatic rings. The summed E-state index contributed by atoms with van der Waals surface area (Å²) in [4.78, 5) is 6.28. The zero-order valence-corrected chi connectivity index (χ0v) is 20.8. The Balaban J connectivity index is 1.47. The molecule has 0 bridgehead atoms. The highest BCUT2D eigenvalue weighted by atomic mass is 32.2. The van der Waals surface area contributed by atoms with Gasteiger partial charge in [-0.2, -0.15) is 21.9 Å². The largest absolute Gasteiger partial charge is 0.504 e. The normalized spacial score (nSPS) is 12.8. The average molecular weight is 551 g/mol. The maximum atomic E-state index is 11.8. The lowest BCUT2D eigenvalue weighted by atomic mass is 10.1. The van der Waals surface area contributed by atoms with E-state index in [-0.39, 0.29) is 16.5 Å². The van der Waals surface area contributed by atoms with Crippen molar-refractivity contribution in [3.05, 3.63) is 84.2 Å². The van der Waals surface area contributed by atoms with Crippen molar-refractivity contribution < 1.29 is 31.0 Å². The monoisotopic (exact) mass is 550 g/mol. The highest BCUT2D eigenvalue weighted by Gasteiger charge is 2.23. The van der Waals surface area contributed by atoms with E-state index in [1.165, 1.54) is 6.07 Å². The second kappa shape index (κ2) is 9.46. The van der Waals surface area contributed by atoms with Crippen LogP contribution in [0.15, 0.2) is 92.8 Å². The van der Waals surface area contributed by atoms with Crippen LogP contribution in [0.3, 0.4) is 0 Å². The van der Waals surface area contributed by atoms with E-state index < -0.39 is 35.8 Å². The number of phenols is 1. The summed E-state index contributed by atoms with van der Waals surface area (Å²) < 4.78 is 65.5. The summed E-state index contributed by atoms with van der Waals surface area (Å²) >= 11 is 0. The number of hydrogen-bond donors (Lipinski definition) is 4. The van der Waals surface area contributed by atoms with Gasteiger partial charge in [-0.15, -0.1) is 5.11 Å². The number of aromatic amines is 1. The van der Waals surface area contributed by atoms with E-state index >= 15 is 0 Å². The fourth-order valence-electron chi connectivity index (χ4n) is 3.77. The summed E-state index contributed by atoms with van der Waals surface area (Å²) in [5.74, 6) is -0.179. The number of para-hydroxylation sites is 2. The van der Waals surface area contributed by atoms with Gasteiger partial charge in [-0.05, 0) is 59.5 Å². The molecule has 4 N–H and O–H groups in total. The van der Waals surface area contributed by atoms with Gasteiger partial charge in [0.25, 0.3) is 20.2 Å². The summed E-state index contributed by atoms with van der Waals surface area (Å²) in [5.41, 5.74) is 2.66. The van der Waals surface area contributed by atoms with Crippen LogP contribution in [0, 0.1) is 0 Å². The first-order valence-corrected chi connectivity index (χ1v) is 13.8. The molecule has 0 spiro atoms. The molecular formula is C25H18N4O7S2. The Morgan fingerprint density at radius 3 is 2.24 bits per heavy atom. The molecule has 1 heterocycles. The molecule has 0 saturated carbocycles. The van der Waals surface area contributed by atoms with Gasteiger partial charge in [-0.3, -0.25) is 9.11 Å². The molecule has 0 amide bonds. The number of nitrogens with zero attached hydrogens (tertiary/aromatic N) is 3. The molecule has 0 aliphatic heterocycles. The minimum atomic E-state index is -4.90. The van der Waals surface area contributed by atoms with Crippen LogP contribution in [0.1, 0.15) is 11.4 Å². The van der Waals surface area contributed by atoms with E-state index in [0.29, 0.717) is 11.5 Å². The number of phenolic OH excluding ortho intramolecular Hbond substituents is 1. The number of fused-ring (bicyclic) bond motifs is 2. The quantitative estimate of drug-likeness (QED) is 0.158. The Hall–Kier alpha value is -4.43. The molecule has 0 unspecified atom stereocenters. The molecular weight excluding hydrogens is 532 g/mol. The highest BCUT2D eigenvalue weighted by Crippen LogP contribution is 2.42. The number of azo groups is 1. The van der Waals surface area contributed by atoms with Gasteiger partial charge in [0.05, 0.1) is 21.6 Å². The van der Waals surface area contributed by atoms with Crippen LogP contribution in [0.4, 0.5) is 11.4 Å². The third-order valence-electron chi connectivity index (χ3n) is 5.60. The molecule has 38 heavy (non-hydrogen) atoms. The molecule has 1 aromatic heterocycles. The van der Waals surface area contributed by atoms with Gasteiger partial charge in [0.2, 0.25) is 0 Å². The van der Waals surface area contributed by atoms with Crippen LogP contribution in [-0.4, -0.2) is 41.0 Å². The number of aromatic nitrogens is 2. The molecule has 0 fully saturated rings. The second-order valence-electron chi connectivity index (χ2n) is 8.17. The van der Waals surface area contributed by atoms with Gasteiger partial charge in [0.1, 0.15) is 16.4 Å². The minimum Gasteiger partial charge on any atom is -0.504 e. The standard InChI is InChI=1S/C25H18N4O7S2/c30-25-22(38(34,35)36)14-16-13-18(37(31,32)33)10-11-19(16)24(25)29-28-17-8-5-15(6-9-17)7-12-23-26-20-3-1-2-4-21(20)27-23/h1-14,30H,(H,26,27)(H,31,32,33)(H,34,35,36)/b12-7-,29-28?. The van der Waals surface area contributed by atoms with Crippen LogP contribution >= 0.6 is 0 Å². The molecule has 5 rings (SSSR count). The van der Waals surface area contributed by atoms with Crippen molar-refractivity contribution in [3.8, 4) is 5.75 Å². The Morgan fingerprint density at radius 2 is 1.55 bits per heavy atom. The van der Waals surface area contributed by atoms with Crippen LogP contribution in [0.25, 0.3) is 34.0 Å². The summed E-state index contributed by atoms with van der Waals surface area (Å²) in [6, 6.07) is 18.6. The van der Waals surface area contributed by atoms with E-state index in [9.17, 15) is 31.0 Å². The number of aromatic hydroxyl groups is 1. The number of imidazole rings is 1. The van der Waals surface area contributed by atoms with Gasteiger partial charge in [0.15, 0.2) is 5.75 Å². The number of H-pyrrole nitrogens is 1. The van der Waals surface area contributed by atoms with Gasteiger partial charge in [-0.25, -0.2) is 4.98 Å². The smallest absolute Gasteiger partial charge is 0.298 e. The first-order valence-electron chi connectivity index (χ1n) is 10.9. The average Bonchev–Trinajstić information content (AvgIpc) is 3.29. The molecule has 192 valence electrons. The molecule has 0 atom stereocenters. The summed E-state index contributed by atoms with van der Waals surface area (Å²) in [7, 11) is -9.50. The fraction of sp³-hybridized carbons (Fsp3) is 0. The van der Waals surface area contributed by atoms with E-state index in [1.807, 2.05) is 36.4 Å². The summed E-state index contributed by atoms with van der Waals surface area (Å²) in [6.45, 7) is 0. The number of nitrogens with one attached hydrogen (secondary N) is 1. The Kier molecular flexibility index (Phi) is 6.28. The topological polar surface area (TPSA) is 182 Å². The van der Waals surface area contributed by atoms with Crippen LogP contribution in [0.5, 0.6) is 5.75 Å². The molecule has 13 heteroatoms. The van der Waals surface area contributed by atoms with Crippen LogP contribution in [-0.2, 0) is 20.2 Å². The lowest BCUT2D eigenvalue weighted by Crippen LogP contribution is -2.00. The second-order valence-corrected chi connectivity index (χ2v) is 11.0. The van der Waals surface area contributed by atoms with Crippen molar-refractivity contribution in [3.63, 3.8) is 0 Å². The van der Waals surface area contributed by atoms with Crippen molar-refractivity contribution in [2.45, 2.75) is 9.79 Å². The fourth-order valence-corrected chi connectivity index (χ4v) is 4.91. The molecule has 0 saturated heterocycles. The summed E-state index contributed by atoms with van der Waals surface area (Å²) in [5, 5.41) is 18.7. The van der Waals surface area contributed by atoms with Crippen molar-refractivity contribution >= 4 is 65.6 Å². The minimum absolute atomic E-state index is 0.0226. The predicted octanol–water partition coefficient (Wildman–Crippen LogP) is 5.50. The maximum absolute atomic E-state index is 11.8. The van der Waals surface area contributed by atoms with Crippen LogP contribution < -0.4 is 0 Å². The molecule has 5 aromatic rings. The Labute approximate surface area is 216 Å². The van der Waals surface area contributed by atoms with Crippen molar-refractivity contribution in [2.75, 3.05) is 0 Å². The van der Waals surface area contributed by atoms with E-state index in [0.717, 1.165) is 34.8 Å². The third kappa shape index (κ3) is 5.17. The SMILES string of the molecule is O=S(=O)(O)c1ccc2c(N=Nc3ccc(/C=C\c4nc5ccccc5[nH]4)cc3)c(O)c(S(=O)(=O)O)cc2c1. The molecule has 0 aliphatic carbocycles. The zero-order valence-electron chi connectivity index (χ0n) is 19.2. The van der Waals surface area contributed by atoms with Gasteiger partial charge >= 0.3 is 0 Å². The molecule has 4 aromatic carbocycles. The summed E-state index contributed by atoms with van der Waals surface area (Å²) in [6.07, 6.45) is 3.67. The van der Waals surface area contributed by atoms with Crippen molar-refractivity contribution in [1.82, 2.24) is 9.97 Å². The first kappa shape index (κ1) is 25.2. The van der Waals surface area contributed by atoms with E-state index in [1.54, 1.807) is 24.3 Å². The number of hydrogen-bond acceptors (Lipinski definition) is 8. The lowest BCUT2D eigenvalue weighted by Gasteiger charge is -2.09. The number of benzene rings is 4. The molecule has 0 radical (unpaired) electrons. The van der Waals surface area contributed by atoms with Crippen molar-refractivity contribution in [1.29, 1.82) is 0 Å².